The van der Waals surface area contributed by atoms with E-state index in [2.05, 4.69) is 90.1 Å². The van der Waals surface area contributed by atoms with Crippen LogP contribution in [0.3, 0.4) is 0 Å². The molecule has 2 aromatic carbocycles. The molecule has 8 rings (SSSR count). The Morgan fingerprint density at radius 2 is 1.24 bits per heavy atom. The van der Waals surface area contributed by atoms with E-state index >= 15 is 0 Å². The van der Waals surface area contributed by atoms with E-state index in [1.807, 2.05) is 11.8 Å². The zero-order valence-electron chi connectivity index (χ0n) is 21.6. The normalized spacial score (nSPS) is 39.9. The summed E-state index contributed by atoms with van der Waals surface area (Å²) in [4.78, 5) is 2.93. The van der Waals surface area contributed by atoms with Crippen LogP contribution in [0.15, 0.2) is 58.3 Å². The molecular weight excluding hydrogens is 416 g/mol. The Balaban J connectivity index is 1.60. The molecule has 4 bridgehead atoms. The van der Waals surface area contributed by atoms with E-state index in [0.717, 1.165) is 23.7 Å². The SMILES string of the molecule is CC1CCC2CC1(c1cccc(Sc3ccccc3)c1C13CC(CCC1C)C3(C)C)C2(C)C. The predicted octanol–water partition coefficient (Wildman–Crippen LogP) is 9.27. The molecule has 0 aliphatic heterocycles. The van der Waals surface area contributed by atoms with E-state index in [9.17, 15) is 0 Å². The Morgan fingerprint density at radius 3 is 1.79 bits per heavy atom. The van der Waals surface area contributed by atoms with Gasteiger partial charge in [-0.15, -0.1) is 0 Å². The molecular formula is C32H42S. The van der Waals surface area contributed by atoms with Gasteiger partial charge in [0.25, 0.3) is 0 Å². The first-order valence-corrected chi connectivity index (χ1v) is 14.3. The molecule has 6 aliphatic rings. The minimum Gasteiger partial charge on any atom is -0.0898 e. The third kappa shape index (κ3) is 2.61. The van der Waals surface area contributed by atoms with Crippen molar-refractivity contribution in [2.75, 3.05) is 0 Å². The van der Waals surface area contributed by atoms with E-state index in [4.69, 9.17) is 0 Å². The minimum atomic E-state index is 0.316. The van der Waals surface area contributed by atoms with Gasteiger partial charge in [-0.05, 0) is 102 Å². The van der Waals surface area contributed by atoms with E-state index in [0.29, 0.717) is 21.7 Å². The summed E-state index contributed by atoms with van der Waals surface area (Å²) in [7, 11) is 0. The standard InChI is InChI=1S/C32H42S/c1-21-15-17-23-19-31(21,29(23,3)4)26-13-10-14-27(33-25-11-8-7-9-12-25)28(26)32-20-24(30(32,5)6)18-16-22(32)2/h7-14,21-24H,15-20H2,1-6H3. The van der Waals surface area contributed by atoms with Crippen LogP contribution in [0.25, 0.3) is 0 Å². The molecule has 0 spiro atoms. The van der Waals surface area contributed by atoms with Gasteiger partial charge in [0.15, 0.2) is 0 Å². The van der Waals surface area contributed by atoms with Crippen molar-refractivity contribution < 1.29 is 0 Å². The van der Waals surface area contributed by atoms with Gasteiger partial charge in [-0.3, -0.25) is 0 Å². The molecule has 6 fully saturated rings. The second-order valence-corrected chi connectivity index (χ2v) is 14.4. The van der Waals surface area contributed by atoms with Crippen molar-refractivity contribution >= 4 is 11.8 Å². The molecule has 6 saturated carbocycles. The third-order valence-corrected chi connectivity index (χ3v) is 13.0. The van der Waals surface area contributed by atoms with Gasteiger partial charge in [-0.1, -0.05) is 83.6 Å². The maximum absolute atomic E-state index is 2.61. The molecule has 0 aromatic heterocycles. The highest BCUT2D eigenvalue weighted by Gasteiger charge is 2.70. The minimum absolute atomic E-state index is 0.316. The second-order valence-electron chi connectivity index (χ2n) is 13.2. The topological polar surface area (TPSA) is 0 Å². The number of rotatable bonds is 4. The average Bonchev–Trinajstić information content (AvgIpc) is 2.79. The maximum atomic E-state index is 2.61. The van der Waals surface area contributed by atoms with Gasteiger partial charge in [0, 0.05) is 20.6 Å². The monoisotopic (exact) mass is 458 g/mol. The number of benzene rings is 2. The smallest absolute Gasteiger partial charge is 0.0163 e. The Labute approximate surface area is 206 Å². The summed E-state index contributed by atoms with van der Waals surface area (Å²) in [5.74, 6) is 3.31. The summed E-state index contributed by atoms with van der Waals surface area (Å²) >= 11 is 2.03. The highest BCUT2D eigenvalue weighted by Crippen LogP contribution is 2.76. The predicted molar refractivity (Wildman–Crippen MR) is 141 cm³/mol. The summed E-state index contributed by atoms with van der Waals surface area (Å²) in [6.07, 6.45) is 8.45. The zero-order chi connectivity index (χ0) is 23.2. The van der Waals surface area contributed by atoms with Gasteiger partial charge < -0.3 is 0 Å². The van der Waals surface area contributed by atoms with Crippen LogP contribution in [-0.2, 0) is 10.8 Å². The van der Waals surface area contributed by atoms with Gasteiger partial charge in [-0.25, -0.2) is 0 Å². The lowest BCUT2D eigenvalue weighted by atomic mass is 9.31. The van der Waals surface area contributed by atoms with Gasteiger partial charge in [-0.2, -0.15) is 0 Å². The van der Waals surface area contributed by atoms with E-state index < -0.39 is 0 Å². The van der Waals surface area contributed by atoms with Crippen molar-refractivity contribution in [2.45, 2.75) is 101 Å². The summed E-state index contributed by atoms with van der Waals surface area (Å²) in [6, 6.07) is 18.6. The highest BCUT2D eigenvalue weighted by atomic mass is 32.2. The Kier molecular flexibility index (Phi) is 4.83. The van der Waals surface area contributed by atoms with Crippen molar-refractivity contribution in [2.24, 2.45) is 34.5 Å². The first-order valence-electron chi connectivity index (χ1n) is 13.5. The molecule has 0 heterocycles. The van der Waals surface area contributed by atoms with Gasteiger partial charge in [0.1, 0.15) is 0 Å². The van der Waals surface area contributed by atoms with Crippen molar-refractivity contribution in [3.05, 3.63) is 59.7 Å². The fourth-order valence-electron chi connectivity index (χ4n) is 9.73. The molecule has 0 radical (unpaired) electrons. The molecule has 0 saturated heterocycles. The quantitative estimate of drug-likeness (QED) is 0.440. The number of hydrogen-bond acceptors (Lipinski definition) is 1. The average molecular weight is 459 g/mol. The van der Waals surface area contributed by atoms with Crippen LogP contribution in [0.5, 0.6) is 0 Å². The summed E-state index contributed by atoms with van der Waals surface area (Å²) < 4.78 is 0. The molecule has 0 amide bonds. The van der Waals surface area contributed by atoms with Crippen molar-refractivity contribution in [3.63, 3.8) is 0 Å². The molecule has 6 aliphatic carbocycles. The van der Waals surface area contributed by atoms with Gasteiger partial charge in [0.2, 0.25) is 0 Å². The Morgan fingerprint density at radius 1 is 0.667 bits per heavy atom. The third-order valence-electron chi connectivity index (χ3n) is 12.0. The Hall–Kier alpha value is -1.21. The molecule has 0 nitrogen and oxygen atoms in total. The Bertz CT molecular complexity index is 1070. The molecule has 2 aromatic rings. The van der Waals surface area contributed by atoms with Crippen LogP contribution in [-0.4, -0.2) is 0 Å². The lowest BCUT2D eigenvalue weighted by Gasteiger charge is -2.73. The second kappa shape index (κ2) is 7.16. The van der Waals surface area contributed by atoms with Crippen LogP contribution >= 0.6 is 11.8 Å². The fourth-order valence-corrected chi connectivity index (χ4v) is 10.8. The first kappa shape index (κ1) is 22.3. The van der Waals surface area contributed by atoms with Crippen molar-refractivity contribution in [1.29, 1.82) is 0 Å². The fraction of sp³-hybridized carbons (Fsp3) is 0.625. The molecule has 33 heavy (non-hydrogen) atoms. The van der Waals surface area contributed by atoms with Crippen LogP contribution in [0.1, 0.15) is 91.2 Å². The van der Waals surface area contributed by atoms with Crippen LogP contribution in [0.2, 0.25) is 0 Å². The summed E-state index contributed by atoms with van der Waals surface area (Å²) in [5, 5.41) is 0. The lowest BCUT2D eigenvalue weighted by Crippen LogP contribution is -2.68. The first-order chi connectivity index (χ1) is 15.7. The van der Waals surface area contributed by atoms with Crippen LogP contribution in [0, 0.1) is 34.5 Å². The van der Waals surface area contributed by atoms with Gasteiger partial charge >= 0.3 is 0 Å². The van der Waals surface area contributed by atoms with E-state index in [1.165, 1.54) is 43.4 Å². The molecule has 6 unspecified atom stereocenters. The molecule has 176 valence electrons. The maximum Gasteiger partial charge on any atom is 0.0163 e. The molecule has 6 atom stereocenters. The number of hydrogen-bond donors (Lipinski definition) is 0. The summed E-state index contributed by atoms with van der Waals surface area (Å²) in [6.45, 7) is 15.6. The van der Waals surface area contributed by atoms with E-state index in [-0.39, 0.29) is 0 Å². The van der Waals surface area contributed by atoms with Crippen molar-refractivity contribution in [3.8, 4) is 0 Å². The number of fused-ring (bicyclic) bond motifs is 4. The van der Waals surface area contributed by atoms with Gasteiger partial charge in [0.05, 0.1) is 0 Å². The lowest BCUT2D eigenvalue weighted by molar-refractivity contribution is -0.150. The molecule has 1 heteroatoms. The van der Waals surface area contributed by atoms with E-state index in [1.54, 1.807) is 16.0 Å². The van der Waals surface area contributed by atoms with Crippen molar-refractivity contribution in [1.82, 2.24) is 0 Å². The summed E-state index contributed by atoms with van der Waals surface area (Å²) in [5.41, 5.74) is 4.96. The molecule has 0 N–H and O–H groups in total. The van der Waals surface area contributed by atoms with Crippen LogP contribution in [0.4, 0.5) is 0 Å². The largest absolute Gasteiger partial charge is 0.0898 e. The van der Waals surface area contributed by atoms with Crippen LogP contribution < -0.4 is 0 Å². The zero-order valence-corrected chi connectivity index (χ0v) is 22.4. The highest BCUT2D eigenvalue weighted by molar-refractivity contribution is 7.99.